The van der Waals surface area contributed by atoms with Crippen LogP contribution in [0.4, 0.5) is 8.78 Å². The zero-order valence-electron chi connectivity index (χ0n) is 14.5. The van der Waals surface area contributed by atoms with E-state index in [1.54, 1.807) is 13.1 Å². The summed E-state index contributed by atoms with van der Waals surface area (Å²) in [6.07, 6.45) is 2.97. The van der Waals surface area contributed by atoms with Crippen LogP contribution in [0.1, 0.15) is 47.7 Å². The van der Waals surface area contributed by atoms with Crippen LogP contribution in [0.25, 0.3) is 11.1 Å². The van der Waals surface area contributed by atoms with Gasteiger partial charge < -0.3 is 4.52 Å². The topological polar surface area (TPSA) is 55.1 Å². The highest BCUT2D eigenvalue weighted by Gasteiger charge is 2.26. The molecule has 0 N–H and O–H groups in total. The van der Waals surface area contributed by atoms with Crippen molar-refractivity contribution in [2.24, 2.45) is 0 Å². The molecule has 1 atom stereocenters. The van der Waals surface area contributed by atoms with E-state index in [4.69, 9.17) is 4.52 Å². The molecule has 136 valence electrons. The van der Waals surface area contributed by atoms with E-state index in [-0.39, 0.29) is 17.2 Å². The van der Waals surface area contributed by atoms with Crippen molar-refractivity contribution in [3.63, 3.8) is 0 Å². The van der Waals surface area contributed by atoms with Gasteiger partial charge in [-0.2, -0.15) is 0 Å². The number of piperidine rings is 1. The van der Waals surface area contributed by atoms with Crippen molar-refractivity contribution >= 4 is 11.1 Å². The number of alkyl halides is 2. The van der Waals surface area contributed by atoms with Crippen molar-refractivity contribution in [1.29, 1.82) is 0 Å². The monoisotopic (exact) mass is 358 g/mol. The lowest BCUT2D eigenvalue weighted by atomic mass is 9.92. The van der Waals surface area contributed by atoms with Crippen molar-refractivity contribution in [2.45, 2.75) is 38.7 Å². The van der Waals surface area contributed by atoms with Crippen molar-refractivity contribution in [3.8, 4) is 0 Å². The molecule has 1 aliphatic rings. The molecule has 0 radical (unpaired) electrons. The lowest BCUT2D eigenvalue weighted by molar-refractivity contribution is 0.152. The lowest BCUT2D eigenvalue weighted by Gasteiger charge is -2.32. The van der Waals surface area contributed by atoms with Crippen LogP contribution in [0.2, 0.25) is 0 Å². The molecule has 0 bridgehead atoms. The summed E-state index contributed by atoms with van der Waals surface area (Å²) in [5.74, 6) is 0.104. The Morgan fingerprint density at radius 1 is 1.38 bits per heavy atom. The number of pyridine rings is 2. The van der Waals surface area contributed by atoms with Crippen LogP contribution in [0.3, 0.4) is 0 Å². The minimum atomic E-state index is -2.58. The Hall–Kier alpha value is -2.41. The Morgan fingerprint density at radius 2 is 2.27 bits per heavy atom. The SMILES string of the molecule is Cc1noc2nc(C3CCCN(Cc4cccnc4)C3)cc(C(F)F)c12. The maximum atomic E-state index is 13.6. The van der Waals surface area contributed by atoms with Crippen LogP contribution in [-0.2, 0) is 6.54 Å². The van der Waals surface area contributed by atoms with Crippen molar-refractivity contribution in [1.82, 2.24) is 20.0 Å². The van der Waals surface area contributed by atoms with Gasteiger partial charge in [0.2, 0.25) is 0 Å². The highest BCUT2D eigenvalue weighted by atomic mass is 19.3. The molecular formula is C19H20F2N4O. The number of hydrogen-bond donors (Lipinski definition) is 0. The number of nitrogens with zero attached hydrogens (tertiary/aromatic N) is 4. The first-order chi connectivity index (χ1) is 12.6. The van der Waals surface area contributed by atoms with Crippen molar-refractivity contribution in [3.05, 3.63) is 53.1 Å². The van der Waals surface area contributed by atoms with E-state index in [9.17, 15) is 8.78 Å². The zero-order chi connectivity index (χ0) is 18.1. The maximum absolute atomic E-state index is 13.6. The van der Waals surface area contributed by atoms with Gasteiger partial charge in [0.1, 0.15) is 0 Å². The number of fused-ring (bicyclic) bond motifs is 1. The Kier molecular flexibility index (Phi) is 4.63. The molecule has 26 heavy (non-hydrogen) atoms. The van der Waals surface area contributed by atoms with Gasteiger partial charge in [-0.1, -0.05) is 11.2 Å². The van der Waals surface area contributed by atoms with E-state index >= 15 is 0 Å². The summed E-state index contributed by atoms with van der Waals surface area (Å²) >= 11 is 0. The molecule has 4 heterocycles. The molecule has 0 aromatic carbocycles. The number of aromatic nitrogens is 3. The molecule has 3 aromatic heterocycles. The summed E-state index contributed by atoms with van der Waals surface area (Å²) in [6.45, 7) is 4.23. The Morgan fingerprint density at radius 3 is 3.04 bits per heavy atom. The molecule has 3 aromatic rings. The third-order valence-electron chi connectivity index (χ3n) is 4.96. The molecule has 0 amide bonds. The molecule has 0 saturated carbocycles. The van der Waals surface area contributed by atoms with Gasteiger partial charge in [-0.15, -0.1) is 0 Å². The first-order valence-electron chi connectivity index (χ1n) is 8.78. The molecule has 0 aliphatic carbocycles. The molecule has 0 spiro atoms. The second-order valence-corrected chi connectivity index (χ2v) is 6.82. The van der Waals surface area contributed by atoms with E-state index in [0.717, 1.165) is 38.0 Å². The van der Waals surface area contributed by atoms with Crippen LogP contribution in [-0.4, -0.2) is 33.1 Å². The molecule has 1 aliphatic heterocycles. The normalized spacial score (nSPS) is 18.7. The predicted octanol–water partition coefficient (Wildman–Crippen LogP) is 4.24. The Bertz CT molecular complexity index is 897. The standard InChI is InChI=1S/C19H20F2N4O/c1-12-17-15(18(20)21)8-16(23-19(17)26-24-12)14-5-3-7-25(11-14)10-13-4-2-6-22-9-13/h2,4,6,8-9,14,18H,3,5,7,10-11H2,1H3. The highest BCUT2D eigenvalue weighted by Crippen LogP contribution is 2.34. The molecular weight excluding hydrogens is 338 g/mol. The molecule has 1 unspecified atom stereocenters. The van der Waals surface area contributed by atoms with Crippen LogP contribution in [0.15, 0.2) is 35.1 Å². The van der Waals surface area contributed by atoms with Gasteiger partial charge in [0, 0.05) is 42.7 Å². The highest BCUT2D eigenvalue weighted by molar-refractivity contribution is 5.80. The molecule has 5 nitrogen and oxygen atoms in total. The minimum absolute atomic E-state index is 0.0341. The Labute approximate surface area is 150 Å². The van der Waals surface area contributed by atoms with Crippen LogP contribution >= 0.6 is 0 Å². The third-order valence-corrected chi connectivity index (χ3v) is 4.96. The van der Waals surface area contributed by atoms with Crippen LogP contribution in [0.5, 0.6) is 0 Å². The summed E-state index contributed by atoms with van der Waals surface area (Å²) < 4.78 is 32.3. The van der Waals surface area contributed by atoms with E-state index in [1.807, 2.05) is 18.3 Å². The van der Waals surface area contributed by atoms with Crippen molar-refractivity contribution in [2.75, 3.05) is 13.1 Å². The van der Waals surface area contributed by atoms with Crippen molar-refractivity contribution < 1.29 is 13.3 Å². The van der Waals surface area contributed by atoms with Gasteiger partial charge in [0.05, 0.1) is 11.1 Å². The molecule has 1 fully saturated rings. The fourth-order valence-corrected chi connectivity index (χ4v) is 3.72. The van der Waals surface area contributed by atoms with Gasteiger partial charge in [-0.05, 0) is 44.0 Å². The van der Waals surface area contributed by atoms with E-state index in [2.05, 4.69) is 20.0 Å². The number of halogens is 2. The fraction of sp³-hybridized carbons (Fsp3) is 0.421. The number of rotatable bonds is 4. The molecule has 1 saturated heterocycles. The van der Waals surface area contributed by atoms with Gasteiger partial charge in [-0.3, -0.25) is 9.88 Å². The van der Waals surface area contributed by atoms with Gasteiger partial charge >= 0.3 is 0 Å². The molecule has 4 rings (SSSR count). The number of likely N-dealkylation sites (tertiary alicyclic amines) is 1. The molecule has 7 heteroatoms. The van der Waals surface area contributed by atoms with Crippen LogP contribution in [0, 0.1) is 6.92 Å². The quantitative estimate of drug-likeness (QED) is 0.698. The summed E-state index contributed by atoms with van der Waals surface area (Å²) in [6, 6.07) is 5.51. The number of aryl methyl sites for hydroxylation is 1. The largest absolute Gasteiger partial charge is 0.336 e. The first kappa shape index (κ1) is 17.0. The lowest BCUT2D eigenvalue weighted by Crippen LogP contribution is -2.34. The van der Waals surface area contributed by atoms with Crippen LogP contribution < -0.4 is 0 Å². The smallest absolute Gasteiger partial charge is 0.264 e. The van der Waals surface area contributed by atoms with Gasteiger partial charge in [0.25, 0.3) is 12.1 Å². The summed E-state index contributed by atoms with van der Waals surface area (Å²) in [4.78, 5) is 11.0. The van der Waals surface area contributed by atoms with E-state index in [1.165, 1.54) is 6.07 Å². The van der Waals surface area contributed by atoms with E-state index < -0.39 is 6.43 Å². The summed E-state index contributed by atoms with van der Waals surface area (Å²) in [5.41, 5.74) is 2.44. The summed E-state index contributed by atoms with van der Waals surface area (Å²) in [7, 11) is 0. The second-order valence-electron chi connectivity index (χ2n) is 6.82. The summed E-state index contributed by atoms with van der Waals surface area (Å²) in [5, 5.41) is 4.15. The maximum Gasteiger partial charge on any atom is 0.264 e. The Balaban J connectivity index is 1.60. The van der Waals surface area contributed by atoms with E-state index in [0.29, 0.717) is 16.8 Å². The van der Waals surface area contributed by atoms with Gasteiger partial charge in [0.15, 0.2) is 0 Å². The third kappa shape index (κ3) is 3.31. The average Bonchev–Trinajstić information content (AvgIpc) is 3.03. The number of hydrogen-bond acceptors (Lipinski definition) is 5. The average molecular weight is 358 g/mol. The fourth-order valence-electron chi connectivity index (χ4n) is 3.72. The second kappa shape index (κ2) is 7.07. The minimum Gasteiger partial charge on any atom is -0.336 e. The first-order valence-corrected chi connectivity index (χ1v) is 8.78. The predicted molar refractivity (Wildman–Crippen MR) is 93.0 cm³/mol. The zero-order valence-corrected chi connectivity index (χ0v) is 14.5. The van der Waals surface area contributed by atoms with Gasteiger partial charge in [-0.25, -0.2) is 13.8 Å².